The van der Waals surface area contributed by atoms with Crippen LogP contribution in [-0.4, -0.2) is 17.8 Å². The number of benzene rings is 1. The summed E-state index contributed by atoms with van der Waals surface area (Å²) in [5, 5.41) is 5.35. The second kappa shape index (κ2) is 7.89. The van der Waals surface area contributed by atoms with Crippen molar-refractivity contribution in [2.45, 2.75) is 63.5 Å². The molecule has 2 unspecified atom stereocenters. The minimum atomic E-state index is 0.475. The lowest BCUT2D eigenvalue weighted by Crippen LogP contribution is -2.45. The topological polar surface area (TPSA) is 12.0 Å². The molecule has 0 amide bonds. The summed E-state index contributed by atoms with van der Waals surface area (Å²) >= 11 is 8.37. The molecular formula is C18H28ClNS. The van der Waals surface area contributed by atoms with Crippen LogP contribution < -0.4 is 5.32 Å². The molecule has 3 heteroatoms. The first-order valence-corrected chi connectivity index (χ1v) is 9.53. The van der Waals surface area contributed by atoms with E-state index in [-0.39, 0.29) is 0 Å². The highest BCUT2D eigenvalue weighted by Crippen LogP contribution is 2.41. The number of hydrogen-bond donors (Lipinski definition) is 1. The molecule has 1 saturated carbocycles. The molecule has 0 radical (unpaired) electrons. The molecule has 0 spiro atoms. The van der Waals surface area contributed by atoms with Gasteiger partial charge in [0.05, 0.1) is 0 Å². The summed E-state index contributed by atoms with van der Waals surface area (Å²) in [5.41, 5.74) is 1.74. The van der Waals surface area contributed by atoms with Gasteiger partial charge < -0.3 is 5.32 Å². The van der Waals surface area contributed by atoms with E-state index in [4.69, 9.17) is 11.6 Å². The molecule has 1 nitrogen and oxygen atoms in total. The third kappa shape index (κ3) is 5.19. The number of rotatable bonds is 6. The zero-order valence-electron chi connectivity index (χ0n) is 13.5. The van der Waals surface area contributed by atoms with Crippen molar-refractivity contribution in [1.29, 1.82) is 0 Å². The van der Waals surface area contributed by atoms with Gasteiger partial charge in [0, 0.05) is 22.1 Å². The Morgan fingerprint density at radius 3 is 2.81 bits per heavy atom. The first-order valence-electron chi connectivity index (χ1n) is 8.10. The maximum absolute atomic E-state index is 6.29. The van der Waals surface area contributed by atoms with Gasteiger partial charge in [0.2, 0.25) is 0 Å². The van der Waals surface area contributed by atoms with E-state index in [1.807, 2.05) is 12.1 Å². The molecule has 1 aliphatic carbocycles. The first kappa shape index (κ1) is 17.2. The Morgan fingerprint density at radius 1 is 1.33 bits per heavy atom. The smallest absolute Gasteiger partial charge is 0.0446 e. The molecule has 2 rings (SSSR count). The normalized spacial score (nSPS) is 25.0. The van der Waals surface area contributed by atoms with Crippen LogP contribution in [0.4, 0.5) is 0 Å². The van der Waals surface area contributed by atoms with Gasteiger partial charge in [-0.15, -0.1) is 0 Å². The molecule has 0 aromatic heterocycles. The van der Waals surface area contributed by atoms with E-state index >= 15 is 0 Å². The van der Waals surface area contributed by atoms with E-state index in [1.165, 1.54) is 31.2 Å². The predicted octanol–water partition coefficient (Wildman–Crippen LogP) is 5.52. The predicted molar refractivity (Wildman–Crippen MR) is 96.2 cm³/mol. The van der Waals surface area contributed by atoms with Crippen molar-refractivity contribution in [2.75, 3.05) is 6.54 Å². The Labute approximate surface area is 139 Å². The van der Waals surface area contributed by atoms with E-state index in [0.717, 1.165) is 17.3 Å². The quantitative estimate of drug-likeness (QED) is 0.739. The second-order valence-corrected chi connectivity index (χ2v) is 8.54. The summed E-state index contributed by atoms with van der Waals surface area (Å²) in [6.45, 7) is 8.19. The summed E-state index contributed by atoms with van der Waals surface area (Å²) in [4.78, 5) is 0. The summed E-state index contributed by atoms with van der Waals surface area (Å²) in [5.74, 6) is 1.02. The third-order valence-corrected chi connectivity index (χ3v) is 6.17. The lowest BCUT2D eigenvalue weighted by molar-refractivity contribution is 0.214. The van der Waals surface area contributed by atoms with Gasteiger partial charge in [0.1, 0.15) is 0 Å². The minimum absolute atomic E-state index is 0.475. The van der Waals surface area contributed by atoms with Crippen LogP contribution in [0.2, 0.25) is 5.02 Å². The number of hydrogen-bond acceptors (Lipinski definition) is 2. The van der Waals surface area contributed by atoms with E-state index in [0.29, 0.717) is 16.7 Å². The third-order valence-electron chi connectivity index (χ3n) is 4.40. The van der Waals surface area contributed by atoms with Gasteiger partial charge in [-0.05, 0) is 49.3 Å². The molecule has 2 atom stereocenters. The highest BCUT2D eigenvalue weighted by molar-refractivity contribution is 7.99. The van der Waals surface area contributed by atoms with E-state index < -0.39 is 0 Å². The largest absolute Gasteiger partial charge is 0.313 e. The van der Waals surface area contributed by atoms with Crippen LogP contribution in [0.25, 0.3) is 0 Å². The van der Waals surface area contributed by atoms with Gasteiger partial charge in [-0.25, -0.2) is 0 Å². The van der Waals surface area contributed by atoms with Crippen molar-refractivity contribution in [3.8, 4) is 0 Å². The highest BCUT2D eigenvalue weighted by atomic mass is 35.5. The Bertz CT molecular complexity index is 447. The van der Waals surface area contributed by atoms with Crippen LogP contribution in [-0.2, 0) is 5.75 Å². The fraction of sp³-hybridized carbons (Fsp3) is 0.667. The molecule has 0 heterocycles. The van der Waals surface area contributed by atoms with Gasteiger partial charge in [-0.2, -0.15) is 11.8 Å². The SMILES string of the molecule is CCCNC1CCC(C)(C)CC1SCc1ccccc1Cl. The Balaban J connectivity index is 1.97. The molecule has 0 aliphatic heterocycles. The molecule has 1 aliphatic rings. The van der Waals surface area contributed by atoms with Crippen molar-refractivity contribution in [2.24, 2.45) is 5.41 Å². The molecule has 0 bridgehead atoms. The molecular weight excluding hydrogens is 298 g/mol. The average molecular weight is 326 g/mol. The lowest BCUT2D eigenvalue weighted by atomic mass is 9.75. The number of nitrogens with one attached hydrogen (secondary N) is 1. The first-order chi connectivity index (χ1) is 10.0. The summed E-state index contributed by atoms with van der Waals surface area (Å²) in [6, 6.07) is 8.89. The van der Waals surface area contributed by atoms with E-state index in [2.05, 4.69) is 50.0 Å². The number of thioether (sulfide) groups is 1. The molecule has 1 aromatic rings. The molecule has 1 N–H and O–H groups in total. The van der Waals surface area contributed by atoms with Gasteiger partial charge in [0.25, 0.3) is 0 Å². The zero-order valence-corrected chi connectivity index (χ0v) is 15.1. The van der Waals surface area contributed by atoms with Gasteiger partial charge in [-0.3, -0.25) is 0 Å². The number of halogens is 1. The van der Waals surface area contributed by atoms with Crippen molar-refractivity contribution >= 4 is 23.4 Å². The fourth-order valence-corrected chi connectivity index (χ4v) is 5.03. The van der Waals surface area contributed by atoms with Crippen LogP contribution in [0.5, 0.6) is 0 Å². The van der Waals surface area contributed by atoms with Crippen molar-refractivity contribution in [3.63, 3.8) is 0 Å². The maximum Gasteiger partial charge on any atom is 0.0446 e. The lowest BCUT2D eigenvalue weighted by Gasteiger charge is -2.41. The van der Waals surface area contributed by atoms with Gasteiger partial charge >= 0.3 is 0 Å². The Kier molecular flexibility index (Phi) is 6.46. The molecule has 21 heavy (non-hydrogen) atoms. The minimum Gasteiger partial charge on any atom is -0.313 e. The molecule has 1 aromatic carbocycles. The van der Waals surface area contributed by atoms with Crippen molar-refractivity contribution < 1.29 is 0 Å². The monoisotopic (exact) mass is 325 g/mol. The van der Waals surface area contributed by atoms with E-state index in [1.54, 1.807) is 0 Å². The standard InChI is InChI=1S/C18H28ClNS/c1-4-11-20-16-9-10-18(2,3)12-17(16)21-13-14-7-5-6-8-15(14)19/h5-8,16-17,20H,4,9-13H2,1-3H3. The van der Waals surface area contributed by atoms with Crippen LogP contribution in [0.1, 0.15) is 52.0 Å². The van der Waals surface area contributed by atoms with Crippen molar-refractivity contribution in [3.05, 3.63) is 34.9 Å². The van der Waals surface area contributed by atoms with Gasteiger partial charge in [-0.1, -0.05) is 50.6 Å². The fourth-order valence-electron chi connectivity index (χ4n) is 3.07. The summed E-state index contributed by atoms with van der Waals surface area (Å²) in [7, 11) is 0. The van der Waals surface area contributed by atoms with Crippen LogP contribution in [0.15, 0.2) is 24.3 Å². The maximum atomic E-state index is 6.29. The highest BCUT2D eigenvalue weighted by Gasteiger charge is 2.34. The Hall–Kier alpha value is -0.180. The summed E-state index contributed by atoms with van der Waals surface area (Å²) < 4.78 is 0. The molecule has 118 valence electrons. The van der Waals surface area contributed by atoms with Crippen LogP contribution in [0, 0.1) is 5.41 Å². The Morgan fingerprint density at radius 2 is 2.10 bits per heavy atom. The zero-order chi connectivity index (χ0) is 15.3. The van der Waals surface area contributed by atoms with E-state index in [9.17, 15) is 0 Å². The summed E-state index contributed by atoms with van der Waals surface area (Å²) in [6.07, 6.45) is 5.13. The molecule has 0 saturated heterocycles. The van der Waals surface area contributed by atoms with Crippen molar-refractivity contribution in [1.82, 2.24) is 5.32 Å². The van der Waals surface area contributed by atoms with Gasteiger partial charge in [0.15, 0.2) is 0 Å². The molecule has 1 fully saturated rings. The average Bonchev–Trinajstić information content (AvgIpc) is 2.45. The van der Waals surface area contributed by atoms with Crippen LogP contribution >= 0.6 is 23.4 Å². The van der Waals surface area contributed by atoms with Crippen LogP contribution in [0.3, 0.4) is 0 Å². The second-order valence-electron chi connectivity index (χ2n) is 6.91.